The average molecular weight is 358 g/mol. The van der Waals surface area contributed by atoms with Gasteiger partial charge in [-0.15, -0.1) is 0 Å². The molecule has 0 spiro atoms. The Labute approximate surface area is 149 Å². The summed E-state index contributed by atoms with van der Waals surface area (Å²) in [6.45, 7) is 1.82. The van der Waals surface area contributed by atoms with Crippen LogP contribution in [0.1, 0.15) is 29.2 Å². The van der Waals surface area contributed by atoms with E-state index in [4.69, 9.17) is 0 Å². The molecule has 2 nitrogen and oxygen atoms in total. The van der Waals surface area contributed by atoms with Crippen LogP contribution in [0.5, 0.6) is 11.5 Å². The van der Waals surface area contributed by atoms with Gasteiger partial charge in [-0.1, -0.05) is 42.5 Å². The number of alkyl halides is 3. The number of phenolic OH excluding ortho intramolecular Hbond substituents is 2. The fourth-order valence-electron chi connectivity index (χ4n) is 3.10. The number of rotatable bonds is 3. The molecule has 0 aromatic heterocycles. The topological polar surface area (TPSA) is 40.5 Å². The quantitative estimate of drug-likeness (QED) is 0.610. The van der Waals surface area contributed by atoms with Crippen molar-refractivity contribution in [3.63, 3.8) is 0 Å². The van der Waals surface area contributed by atoms with Crippen molar-refractivity contribution in [1.82, 2.24) is 0 Å². The Hall–Kier alpha value is -2.95. The molecule has 2 N–H and O–H groups in total. The molecule has 0 heterocycles. The van der Waals surface area contributed by atoms with E-state index in [1.807, 2.05) is 6.92 Å². The highest BCUT2D eigenvalue weighted by atomic mass is 19.4. The Morgan fingerprint density at radius 1 is 0.615 bits per heavy atom. The molecule has 0 aliphatic carbocycles. The molecular formula is C21H17F3O2. The number of hydrogen-bond acceptors (Lipinski definition) is 2. The second-order valence-corrected chi connectivity index (χ2v) is 6.30. The van der Waals surface area contributed by atoms with E-state index in [0.29, 0.717) is 5.56 Å². The predicted molar refractivity (Wildman–Crippen MR) is 93.2 cm³/mol. The Kier molecular flexibility index (Phi) is 4.40. The number of phenols is 2. The van der Waals surface area contributed by atoms with Gasteiger partial charge in [-0.05, 0) is 53.9 Å². The lowest BCUT2D eigenvalue weighted by atomic mass is 9.71. The summed E-state index contributed by atoms with van der Waals surface area (Å²) in [5, 5.41) is 19.1. The monoisotopic (exact) mass is 358 g/mol. The van der Waals surface area contributed by atoms with E-state index < -0.39 is 17.2 Å². The van der Waals surface area contributed by atoms with Gasteiger partial charge in [-0.25, -0.2) is 0 Å². The molecule has 5 heteroatoms. The molecule has 0 radical (unpaired) electrons. The lowest BCUT2D eigenvalue weighted by Crippen LogP contribution is -2.26. The zero-order valence-corrected chi connectivity index (χ0v) is 14.0. The van der Waals surface area contributed by atoms with Crippen molar-refractivity contribution < 1.29 is 23.4 Å². The minimum Gasteiger partial charge on any atom is -0.508 e. The van der Waals surface area contributed by atoms with E-state index in [-0.39, 0.29) is 11.5 Å². The van der Waals surface area contributed by atoms with Crippen molar-refractivity contribution in [3.8, 4) is 11.5 Å². The first-order chi connectivity index (χ1) is 12.2. The standard InChI is InChI=1S/C21H17F3O2/c1-20(14-5-9-18(25)10-6-14,15-7-11-19(26)12-8-15)16-3-2-4-17(13-16)21(22,23)24/h2-13,25-26H,1H3. The van der Waals surface area contributed by atoms with Crippen LogP contribution in [0.3, 0.4) is 0 Å². The van der Waals surface area contributed by atoms with Crippen LogP contribution < -0.4 is 0 Å². The maximum absolute atomic E-state index is 13.2. The summed E-state index contributed by atoms with van der Waals surface area (Å²) in [6, 6.07) is 18.0. The lowest BCUT2D eigenvalue weighted by molar-refractivity contribution is -0.137. The molecule has 134 valence electrons. The molecule has 3 aromatic rings. The second-order valence-electron chi connectivity index (χ2n) is 6.30. The van der Waals surface area contributed by atoms with E-state index in [1.54, 1.807) is 30.3 Å². The van der Waals surface area contributed by atoms with Gasteiger partial charge >= 0.3 is 6.18 Å². The van der Waals surface area contributed by atoms with E-state index in [1.165, 1.54) is 30.3 Å². The maximum atomic E-state index is 13.2. The number of hydrogen-bond donors (Lipinski definition) is 2. The summed E-state index contributed by atoms with van der Waals surface area (Å²) < 4.78 is 39.6. The number of halogens is 3. The van der Waals surface area contributed by atoms with Crippen LogP contribution in [0.25, 0.3) is 0 Å². The maximum Gasteiger partial charge on any atom is 0.416 e. The molecule has 26 heavy (non-hydrogen) atoms. The Bertz CT molecular complexity index is 852. The van der Waals surface area contributed by atoms with Gasteiger partial charge in [-0.3, -0.25) is 0 Å². The van der Waals surface area contributed by atoms with Crippen LogP contribution in [-0.4, -0.2) is 10.2 Å². The summed E-state index contributed by atoms with van der Waals surface area (Å²) >= 11 is 0. The second kappa shape index (κ2) is 6.41. The number of aromatic hydroxyl groups is 2. The lowest BCUT2D eigenvalue weighted by Gasteiger charge is -2.32. The normalized spacial score (nSPS) is 12.2. The predicted octanol–water partition coefficient (Wildman–Crippen LogP) is 5.47. The molecule has 0 unspecified atom stereocenters. The third-order valence-electron chi connectivity index (χ3n) is 4.66. The van der Waals surface area contributed by atoms with Crippen molar-refractivity contribution in [2.45, 2.75) is 18.5 Å². The molecular weight excluding hydrogens is 341 g/mol. The smallest absolute Gasteiger partial charge is 0.416 e. The van der Waals surface area contributed by atoms with Gasteiger partial charge < -0.3 is 10.2 Å². The first kappa shape index (κ1) is 17.9. The van der Waals surface area contributed by atoms with Crippen molar-refractivity contribution in [3.05, 3.63) is 95.1 Å². The fourth-order valence-corrected chi connectivity index (χ4v) is 3.10. The zero-order valence-electron chi connectivity index (χ0n) is 14.0. The molecule has 3 aromatic carbocycles. The first-order valence-corrected chi connectivity index (χ1v) is 7.98. The van der Waals surface area contributed by atoms with Gasteiger partial charge in [0, 0.05) is 5.41 Å². The average Bonchev–Trinajstić information content (AvgIpc) is 2.62. The van der Waals surface area contributed by atoms with Crippen LogP contribution in [0, 0.1) is 0 Å². The number of benzene rings is 3. The molecule has 0 atom stereocenters. The van der Waals surface area contributed by atoms with Crippen LogP contribution >= 0.6 is 0 Å². The van der Waals surface area contributed by atoms with Gasteiger partial charge in [0.05, 0.1) is 5.56 Å². The molecule has 0 saturated carbocycles. The fraction of sp³-hybridized carbons (Fsp3) is 0.143. The third-order valence-corrected chi connectivity index (χ3v) is 4.66. The Balaban J connectivity index is 2.24. The van der Waals surface area contributed by atoms with E-state index in [2.05, 4.69) is 0 Å². The molecule has 0 aliphatic heterocycles. The minimum atomic E-state index is -4.44. The Morgan fingerprint density at radius 2 is 1.04 bits per heavy atom. The van der Waals surface area contributed by atoms with Crippen LogP contribution in [-0.2, 0) is 11.6 Å². The zero-order chi connectivity index (χ0) is 18.9. The van der Waals surface area contributed by atoms with Crippen molar-refractivity contribution in [1.29, 1.82) is 0 Å². The molecule has 0 aliphatic rings. The van der Waals surface area contributed by atoms with Gasteiger partial charge in [0.15, 0.2) is 0 Å². The van der Waals surface area contributed by atoms with Crippen molar-refractivity contribution in [2.75, 3.05) is 0 Å². The summed E-state index contributed by atoms with van der Waals surface area (Å²) in [4.78, 5) is 0. The van der Waals surface area contributed by atoms with Crippen molar-refractivity contribution in [2.24, 2.45) is 0 Å². The first-order valence-electron chi connectivity index (χ1n) is 7.98. The largest absolute Gasteiger partial charge is 0.508 e. The summed E-state index contributed by atoms with van der Waals surface area (Å²) in [5.41, 5.74) is 0.283. The minimum absolute atomic E-state index is 0.0749. The third kappa shape index (κ3) is 3.25. The highest BCUT2D eigenvalue weighted by molar-refractivity contribution is 5.52. The highest BCUT2D eigenvalue weighted by Gasteiger charge is 2.35. The summed E-state index contributed by atoms with van der Waals surface area (Å²) in [5.74, 6) is 0.150. The van der Waals surface area contributed by atoms with Gasteiger partial charge in [0.2, 0.25) is 0 Å². The van der Waals surface area contributed by atoms with E-state index in [0.717, 1.165) is 23.3 Å². The molecule has 0 amide bonds. The van der Waals surface area contributed by atoms with Crippen molar-refractivity contribution >= 4 is 0 Å². The molecule has 0 fully saturated rings. The summed E-state index contributed by atoms with van der Waals surface area (Å²) in [6.07, 6.45) is -4.44. The molecule has 3 rings (SSSR count). The van der Waals surface area contributed by atoms with Crippen LogP contribution in [0.15, 0.2) is 72.8 Å². The van der Waals surface area contributed by atoms with E-state index in [9.17, 15) is 23.4 Å². The Morgan fingerprint density at radius 3 is 1.46 bits per heavy atom. The van der Waals surface area contributed by atoms with Gasteiger partial charge in [0.1, 0.15) is 11.5 Å². The highest BCUT2D eigenvalue weighted by Crippen LogP contribution is 2.41. The van der Waals surface area contributed by atoms with Crippen LogP contribution in [0.2, 0.25) is 0 Å². The molecule has 0 bridgehead atoms. The van der Waals surface area contributed by atoms with Gasteiger partial charge in [0.25, 0.3) is 0 Å². The SMILES string of the molecule is CC(c1ccc(O)cc1)(c1ccc(O)cc1)c1cccc(C(F)(F)F)c1. The van der Waals surface area contributed by atoms with Crippen LogP contribution in [0.4, 0.5) is 13.2 Å². The summed E-state index contributed by atoms with van der Waals surface area (Å²) in [7, 11) is 0. The van der Waals surface area contributed by atoms with E-state index >= 15 is 0 Å². The molecule has 0 saturated heterocycles. The van der Waals surface area contributed by atoms with Gasteiger partial charge in [-0.2, -0.15) is 13.2 Å².